The molecule has 160 valence electrons. The van der Waals surface area contributed by atoms with Crippen molar-refractivity contribution in [3.63, 3.8) is 0 Å². The molecule has 1 fully saturated rings. The minimum absolute atomic E-state index is 0.0263. The molecule has 8 heteroatoms. The van der Waals surface area contributed by atoms with Gasteiger partial charge in [-0.2, -0.15) is 0 Å². The van der Waals surface area contributed by atoms with Crippen molar-refractivity contribution in [2.75, 3.05) is 0 Å². The first kappa shape index (κ1) is 24.1. The molecule has 0 saturated carbocycles. The Hall–Kier alpha value is -1.96. The summed E-state index contributed by atoms with van der Waals surface area (Å²) in [4.78, 5) is 50.8. The van der Waals surface area contributed by atoms with E-state index in [9.17, 15) is 19.2 Å². The topological polar surface area (TPSA) is 122 Å². The van der Waals surface area contributed by atoms with Gasteiger partial charge in [0.05, 0.1) is 0 Å². The van der Waals surface area contributed by atoms with Gasteiger partial charge in [0.15, 0.2) is 11.9 Å². The fourth-order valence-electron chi connectivity index (χ4n) is 2.74. The van der Waals surface area contributed by atoms with Crippen LogP contribution in [0, 0.1) is 17.3 Å². The third-order valence-corrected chi connectivity index (χ3v) is 5.07. The van der Waals surface area contributed by atoms with Crippen LogP contribution in [0.4, 0.5) is 0 Å². The molecular formula is C20H33NO7. The number of hydrogen-bond donors (Lipinski definition) is 1. The molecule has 0 aliphatic carbocycles. The lowest BCUT2D eigenvalue weighted by Gasteiger charge is -2.32. The molecule has 1 saturated heterocycles. The maximum Gasteiger partial charge on any atom is 0.348 e. The van der Waals surface area contributed by atoms with E-state index in [-0.39, 0.29) is 18.3 Å². The van der Waals surface area contributed by atoms with E-state index in [1.54, 1.807) is 6.92 Å². The molecule has 1 rings (SSSR count). The zero-order valence-electron chi connectivity index (χ0n) is 17.8. The van der Waals surface area contributed by atoms with Gasteiger partial charge in [0.2, 0.25) is 6.10 Å². The summed E-state index contributed by atoms with van der Waals surface area (Å²) in [6, 6.07) is -1.29. The van der Waals surface area contributed by atoms with Gasteiger partial charge < -0.3 is 19.9 Å². The van der Waals surface area contributed by atoms with Crippen molar-refractivity contribution in [3.05, 3.63) is 0 Å². The molecule has 0 amide bonds. The molecule has 0 radical (unpaired) electrons. The molecule has 0 bridgehead atoms. The van der Waals surface area contributed by atoms with Gasteiger partial charge in [0.25, 0.3) is 0 Å². The van der Waals surface area contributed by atoms with Crippen LogP contribution >= 0.6 is 0 Å². The van der Waals surface area contributed by atoms with Crippen LogP contribution in [-0.2, 0) is 33.4 Å². The summed E-state index contributed by atoms with van der Waals surface area (Å²) in [5, 5.41) is 0. The highest BCUT2D eigenvalue weighted by Crippen LogP contribution is 2.28. The molecule has 2 N–H and O–H groups in total. The largest absolute Gasteiger partial charge is 0.460 e. The van der Waals surface area contributed by atoms with Crippen molar-refractivity contribution in [1.82, 2.24) is 0 Å². The van der Waals surface area contributed by atoms with E-state index in [0.29, 0.717) is 6.42 Å². The van der Waals surface area contributed by atoms with Crippen LogP contribution in [0.2, 0.25) is 0 Å². The number of nitrogens with two attached hydrogens (primary N) is 1. The minimum atomic E-state index is -1.57. The maximum absolute atomic E-state index is 13.1. The molecule has 0 unspecified atom stereocenters. The Kier molecular flexibility index (Phi) is 8.16. The lowest BCUT2D eigenvalue weighted by Crippen LogP contribution is -2.52. The smallest absolute Gasteiger partial charge is 0.348 e. The first-order chi connectivity index (χ1) is 12.8. The zero-order valence-corrected chi connectivity index (χ0v) is 17.8. The van der Waals surface area contributed by atoms with Gasteiger partial charge in [-0.05, 0) is 39.5 Å². The fourth-order valence-corrected chi connectivity index (χ4v) is 2.74. The Bertz CT molecular complexity index is 614. The van der Waals surface area contributed by atoms with Crippen molar-refractivity contribution in [3.8, 4) is 0 Å². The van der Waals surface area contributed by atoms with E-state index in [0.717, 1.165) is 0 Å². The number of carbonyl (C=O) groups excluding carboxylic acids is 4. The van der Waals surface area contributed by atoms with E-state index in [1.165, 1.54) is 20.8 Å². The van der Waals surface area contributed by atoms with E-state index < -0.39 is 53.5 Å². The SMILES string of the molecule is CC[C@H](C)[C@@H]1OC(=O)[C@@H](N)[C@@H](C)OC(=O)C(C)(C)C(=O)[C@H](CC(C)C)OC1=O. The second-order valence-corrected chi connectivity index (χ2v) is 8.42. The average Bonchev–Trinajstić information content (AvgIpc) is 2.61. The average molecular weight is 399 g/mol. The first-order valence-electron chi connectivity index (χ1n) is 9.74. The number of esters is 3. The number of ketones is 1. The molecule has 1 aliphatic rings. The van der Waals surface area contributed by atoms with Crippen molar-refractivity contribution in [2.24, 2.45) is 23.0 Å². The normalized spacial score (nSPS) is 30.6. The highest BCUT2D eigenvalue weighted by Gasteiger charge is 2.46. The van der Waals surface area contributed by atoms with Gasteiger partial charge in [-0.1, -0.05) is 27.7 Å². The molecule has 0 aromatic heterocycles. The molecule has 0 spiro atoms. The summed E-state index contributed by atoms with van der Waals surface area (Å²) in [5.74, 6) is -3.39. The lowest BCUT2D eigenvalue weighted by atomic mass is 9.82. The van der Waals surface area contributed by atoms with E-state index in [4.69, 9.17) is 19.9 Å². The highest BCUT2D eigenvalue weighted by atomic mass is 16.6. The van der Waals surface area contributed by atoms with Crippen LogP contribution in [0.1, 0.15) is 61.3 Å². The number of ether oxygens (including phenoxy) is 3. The van der Waals surface area contributed by atoms with Crippen molar-refractivity contribution in [2.45, 2.75) is 85.7 Å². The molecule has 8 nitrogen and oxygen atoms in total. The number of rotatable bonds is 4. The first-order valence-corrected chi connectivity index (χ1v) is 9.74. The Morgan fingerprint density at radius 3 is 2.07 bits per heavy atom. The predicted molar refractivity (Wildman–Crippen MR) is 101 cm³/mol. The number of Topliss-reactive ketones (excluding diaryl/α,β-unsaturated/α-hetero) is 1. The Balaban J connectivity index is 3.38. The van der Waals surface area contributed by atoms with Crippen LogP contribution < -0.4 is 5.73 Å². The molecule has 1 aliphatic heterocycles. The third kappa shape index (κ3) is 5.53. The van der Waals surface area contributed by atoms with Gasteiger partial charge in [-0.15, -0.1) is 0 Å². The van der Waals surface area contributed by atoms with Crippen molar-refractivity contribution in [1.29, 1.82) is 0 Å². The molecule has 0 aromatic carbocycles. The maximum atomic E-state index is 13.1. The summed E-state index contributed by atoms with van der Waals surface area (Å²) < 4.78 is 16.0. The van der Waals surface area contributed by atoms with Gasteiger partial charge in [0, 0.05) is 5.92 Å². The monoisotopic (exact) mass is 399 g/mol. The Morgan fingerprint density at radius 1 is 1.00 bits per heavy atom. The number of hydrogen-bond acceptors (Lipinski definition) is 8. The zero-order chi connectivity index (χ0) is 21.8. The summed E-state index contributed by atoms with van der Waals surface area (Å²) in [5.41, 5.74) is 4.27. The summed E-state index contributed by atoms with van der Waals surface area (Å²) >= 11 is 0. The number of carbonyl (C=O) groups is 4. The van der Waals surface area contributed by atoms with Gasteiger partial charge in [-0.25, -0.2) is 4.79 Å². The molecule has 1 heterocycles. The van der Waals surface area contributed by atoms with E-state index in [2.05, 4.69) is 0 Å². The minimum Gasteiger partial charge on any atom is -0.460 e. The third-order valence-electron chi connectivity index (χ3n) is 5.07. The standard InChI is InChI=1S/C20H33NO7/c1-8-11(4)15-18(24)27-13(9-10(2)3)16(22)20(6,7)19(25)26-12(5)14(21)17(23)28-15/h10-15H,8-9,21H2,1-7H3/t11-,12+,13-,14-,15-/m0/s1. The molecular weight excluding hydrogens is 366 g/mol. The number of cyclic esters (lactones) is 3. The van der Waals surface area contributed by atoms with E-state index >= 15 is 0 Å². The van der Waals surface area contributed by atoms with Crippen LogP contribution in [-0.4, -0.2) is 48.0 Å². The summed E-state index contributed by atoms with van der Waals surface area (Å²) in [7, 11) is 0. The fraction of sp³-hybridized carbons (Fsp3) is 0.800. The molecule has 5 atom stereocenters. The summed E-state index contributed by atoms with van der Waals surface area (Å²) in [6.07, 6.45) is -2.60. The Labute approximate surface area is 166 Å². The Morgan fingerprint density at radius 2 is 1.57 bits per heavy atom. The quantitative estimate of drug-likeness (QED) is 0.431. The van der Waals surface area contributed by atoms with Crippen molar-refractivity contribution >= 4 is 23.7 Å². The van der Waals surface area contributed by atoms with Crippen LogP contribution in [0.25, 0.3) is 0 Å². The second-order valence-electron chi connectivity index (χ2n) is 8.42. The molecule has 28 heavy (non-hydrogen) atoms. The van der Waals surface area contributed by atoms with Crippen molar-refractivity contribution < 1.29 is 33.4 Å². The summed E-state index contributed by atoms with van der Waals surface area (Å²) in [6.45, 7) is 11.6. The van der Waals surface area contributed by atoms with E-state index in [1.807, 2.05) is 20.8 Å². The van der Waals surface area contributed by atoms with Crippen LogP contribution in [0.15, 0.2) is 0 Å². The lowest BCUT2D eigenvalue weighted by molar-refractivity contribution is -0.186. The van der Waals surface area contributed by atoms with Gasteiger partial charge >= 0.3 is 17.9 Å². The van der Waals surface area contributed by atoms with Crippen LogP contribution in [0.5, 0.6) is 0 Å². The van der Waals surface area contributed by atoms with Gasteiger partial charge in [-0.3, -0.25) is 14.4 Å². The predicted octanol–water partition coefficient (Wildman–Crippen LogP) is 1.77. The van der Waals surface area contributed by atoms with Crippen LogP contribution in [0.3, 0.4) is 0 Å². The second kappa shape index (κ2) is 9.49. The highest BCUT2D eigenvalue weighted by molar-refractivity contribution is 6.06. The molecule has 0 aromatic rings. The van der Waals surface area contributed by atoms with Gasteiger partial charge in [0.1, 0.15) is 17.6 Å².